The van der Waals surface area contributed by atoms with Gasteiger partial charge in [0.15, 0.2) is 5.78 Å². The normalized spacial score (nSPS) is 17.2. The summed E-state index contributed by atoms with van der Waals surface area (Å²) in [5, 5.41) is 5.58. The van der Waals surface area contributed by atoms with Gasteiger partial charge in [-0.15, -0.1) is 0 Å². The number of benzene rings is 2. The van der Waals surface area contributed by atoms with Crippen molar-refractivity contribution in [1.82, 2.24) is 10.6 Å². The zero-order valence-electron chi connectivity index (χ0n) is 13.8. The number of amides is 2. The smallest absolute Gasteiger partial charge is 0.319 e. The molecular weight excluding hydrogens is 300 g/mol. The van der Waals surface area contributed by atoms with Gasteiger partial charge in [-0.1, -0.05) is 61.5 Å². The highest BCUT2D eigenvalue weighted by molar-refractivity contribution is 6.11. The van der Waals surface area contributed by atoms with Crippen molar-refractivity contribution in [2.75, 3.05) is 0 Å². The van der Waals surface area contributed by atoms with Crippen molar-refractivity contribution < 1.29 is 9.59 Å². The van der Waals surface area contributed by atoms with Crippen LogP contribution in [-0.2, 0) is 6.42 Å². The number of carbonyl (C=O) groups excluding carboxylic acids is 2. The van der Waals surface area contributed by atoms with E-state index in [9.17, 15) is 9.59 Å². The summed E-state index contributed by atoms with van der Waals surface area (Å²) in [7, 11) is 0. The molecule has 2 amide bonds. The fraction of sp³-hybridized carbons (Fsp3) is 0.200. The van der Waals surface area contributed by atoms with Gasteiger partial charge < -0.3 is 10.6 Å². The third kappa shape index (κ3) is 3.08. The number of urea groups is 1. The van der Waals surface area contributed by atoms with Crippen LogP contribution in [0.5, 0.6) is 0 Å². The first-order chi connectivity index (χ1) is 11.6. The fourth-order valence-electron chi connectivity index (χ4n) is 2.94. The molecule has 1 atom stereocenters. The van der Waals surface area contributed by atoms with Crippen LogP contribution in [0.2, 0.25) is 0 Å². The van der Waals surface area contributed by atoms with Gasteiger partial charge in [-0.2, -0.15) is 0 Å². The molecule has 3 rings (SSSR count). The summed E-state index contributed by atoms with van der Waals surface area (Å²) in [6.45, 7) is 3.86. The second-order valence-corrected chi connectivity index (χ2v) is 5.86. The van der Waals surface area contributed by atoms with Gasteiger partial charge in [-0.3, -0.25) is 4.79 Å². The van der Waals surface area contributed by atoms with Crippen molar-refractivity contribution in [2.24, 2.45) is 0 Å². The Balaban J connectivity index is 2.03. The van der Waals surface area contributed by atoms with E-state index in [1.807, 2.05) is 42.5 Å². The summed E-state index contributed by atoms with van der Waals surface area (Å²) in [5.74, 6) is -0.0785. The molecule has 1 aliphatic rings. The van der Waals surface area contributed by atoms with Crippen LogP contribution in [-0.4, -0.2) is 11.8 Å². The Labute approximate surface area is 141 Å². The molecule has 0 spiro atoms. The van der Waals surface area contributed by atoms with E-state index in [0.29, 0.717) is 16.8 Å². The van der Waals surface area contributed by atoms with Gasteiger partial charge in [-0.05, 0) is 24.5 Å². The number of hydrogen-bond acceptors (Lipinski definition) is 2. The lowest BCUT2D eigenvalue weighted by atomic mass is 9.89. The van der Waals surface area contributed by atoms with E-state index < -0.39 is 6.04 Å². The van der Waals surface area contributed by atoms with Crippen LogP contribution in [0.1, 0.15) is 41.4 Å². The fourth-order valence-corrected chi connectivity index (χ4v) is 2.94. The highest BCUT2D eigenvalue weighted by atomic mass is 16.2. The van der Waals surface area contributed by atoms with E-state index in [2.05, 4.69) is 17.6 Å². The zero-order valence-corrected chi connectivity index (χ0v) is 13.8. The lowest BCUT2D eigenvalue weighted by Gasteiger charge is -2.28. The van der Waals surface area contributed by atoms with Crippen LogP contribution >= 0.6 is 0 Å². The standard InChI is InChI=1S/C20H20N2O2/c1-3-14-9-11-15(12-10-14)18-17(13(2)21-20(24)22-18)19(23)16-7-5-4-6-8-16/h4-12,18H,3H2,1-2H3,(H2,21,22,24)/t18-/m0/s1. The van der Waals surface area contributed by atoms with E-state index in [4.69, 9.17) is 0 Å². The highest BCUT2D eigenvalue weighted by Crippen LogP contribution is 2.29. The zero-order chi connectivity index (χ0) is 17.1. The first-order valence-corrected chi connectivity index (χ1v) is 8.07. The van der Waals surface area contributed by atoms with Gasteiger partial charge in [-0.25, -0.2) is 4.79 Å². The molecule has 0 bridgehead atoms. The van der Waals surface area contributed by atoms with Gasteiger partial charge in [0.05, 0.1) is 6.04 Å². The van der Waals surface area contributed by atoms with Crippen LogP contribution in [0.3, 0.4) is 0 Å². The maximum atomic E-state index is 13.0. The van der Waals surface area contributed by atoms with Crippen molar-refractivity contribution in [3.05, 3.63) is 82.6 Å². The second-order valence-electron chi connectivity index (χ2n) is 5.86. The van der Waals surface area contributed by atoms with E-state index in [0.717, 1.165) is 12.0 Å². The molecule has 0 radical (unpaired) electrons. The number of nitrogens with one attached hydrogen (secondary N) is 2. The van der Waals surface area contributed by atoms with Gasteiger partial charge >= 0.3 is 6.03 Å². The molecule has 4 nitrogen and oxygen atoms in total. The number of allylic oxidation sites excluding steroid dienone is 1. The van der Waals surface area contributed by atoms with Crippen molar-refractivity contribution in [3.63, 3.8) is 0 Å². The van der Waals surface area contributed by atoms with Gasteiger partial charge in [0.2, 0.25) is 0 Å². The minimum absolute atomic E-state index is 0.0785. The average molecular weight is 320 g/mol. The monoisotopic (exact) mass is 320 g/mol. The van der Waals surface area contributed by atoms with E-state index in [-0.39, 0.29) is 11.8 Å². The summed E-state index contributed by atoms with van der Waals surface area (Å²) < 4.78 is 0. The number of aryl methyl sites for hydroxylation is 1. The third-order valence-corrected chi connectivity index (χ3v) is 4.27. The molecule has 0 aromatic heterocycles. The Morgan fingerprint density at radius 1 is 1.04 bits per heavy atom. The number of ketones is 1. The maximum absolute atomic E-state index is 13.0. The molecule has 2 aromatic rings. The molecule has 2 aromatic carbocycles. The number of carbonyl (C=O) groups is 2. The summed E-state index contributed by atoms with van der Waals surface area (Å²) >= 11 is 0. The topological polar surface area (TPSA) is 58.2 Å². The molecule has 1 aliphatic heterocycles. The van der Waals surface area contributed by atoms with Crippen LogP contribution in [0.4, 0.5) is 4.79 Å². The molecule has 24 heavy (non-hydrogen) atoms. The van der Waals surface area contributed by atoms with Crippen LogP contribution in [0, 0.1) is 0 Å². The van der Waals surface area contributed by atoms with Crippen LogP contribution in [0.25, 0.3) is 0 Å². The van der Waals surface area contributed by atoms with E-state index in [1.54, 1.807) is 19.1 Å². The summed E-state index contributed by atoms with van der Waals surface area (Å²) in [4.78, 5) is 24.9. The van der Waals surface area contributed by atoms with Crippen molar-refractivity contribution in [2.45, 2.75) is 26.3 Å². The molecule has 1 heterocycles. The predicted octanol–water partition coefficient (Wildman–Crippen LogP) is 3.76. The Morgan fingerprint density at radius 3 is 2.33 bits per heavy atom. The molecule has 0 aliphatic carbocycles. The minimum Gasteiger partial charge on any atom is -0.327 e. The second kappa shape index (κ2) is 6.71. The van der Waals surface area contributed by atoms with Gasteiger partial charge in [0.25, 0.3) is 0 Å². The molecule has 4 heteroatoms. The van der Waals surface area contributed by atoms with Crippen molar-refractivity contribution in [1.29, 1.82) is 0 Å². The molecule has 122 valence electrons. The number of Topliss-reactive ketones (excluding diaryl/α,β-unsaturated/α-hetero) is 1. The van der Waals surface area contributed by atoms with Crippen LogP contribution in [0.15, 0.2) is 65.9 Å². The lowest BCUT2D eigenvalue weighted by Crippen LogP contribution is -2.45. The molecule has 0 unspecified atom stereocenters. The van der Waals surface area contributed by atoms with Crippen molar-refractivity contribution in [3.8, 4) is 0 Å². The van der Waals surface area contributed by atoms with Gasteiger partial charge in [0, 0.05) is 16.8 Å². The maximum Gasteiger partial charge on any atom is 0.319 e. The number of hydrogen-bond donors (Lipinski definition) is 2. The molecule has 2 N–H and O–H groups in total. The Kier molecular flexibility index (Phi) is 4.47. The summed E-state index contributed by atoms with van der Waals surface area (Å²) in [5.41, 5.74) is 3.90. The summed E-state index contributed by atoms with van der Waals surface area (Å²) in [6, 6.07) is 16.4. The molecule has 0 saturated carbocycles. The van der Waals surface area contributed by atoms with E-state index in [1.165, 1.54) is 5.56 Å². The first kappa shape index (κ1) is 16.0. The average Bonchev–Trinajstić information content (AvgIpc) is 2.61. The molecule has 0 fully saturated rings. The lowest BCUT2D eigenvalue weighted by molar-refractivity contribution is 0.102. The summed E-state index contributed by atoms with van der Waals surface area (Å²) in [6.07, 6.45) is 0.948. The van der Waals surface area contributed by atoms with E-state index >= 15 is 0 Å². The quantitative estimate of drug-likeness (QED) is 0.843. The van der Waals surface area contributed by atoms with Crippen molar-refractivity contribution >= 4 is 11.8 Å². The molecule has 0 saturated heterocycles. The largest absolute Gasteiger partial charge is 0.327 e. The third-order valence-electron chi connectivity index (χ3n) is 4.27. The Bertz CT molecular complexity index is 792. The predicted molar refractivity (Wildman–Crippen MR) is 93.7 cm³/mol. The SMILES string of the molecule is CCc1ccc([C@@H]2NC(=O)NC(C)=C2C(=O)c2ccccc2)cc1. The van der Waals surface area contributed by atoms with Crippen LogP contribution < -0.4 is 10.6 Å². The molecular formula is C20H20N2O2. The Hall–Kier alpha value is -2.88. The highest BCUT2D eigenvalue weighted by Gasteiger charge is 2.31. The first-order valence-electron chi connectivity index (χ1n) is 8.07. The Morgan fingerprint density at radius 2 is 1.71 bits per heavy atom. The van der Waals surface area contributed by atoms with Gasteiger partial charge in [0.1, 0.15) is 0 Å². The number of rotatable bonds is 4. The minimum atomic E-state index is -0.447.